The molecule has 0 saturated heterocycles. The number of thiocarbonyl (C=S) groups is 1. The Morgan fingerprint density at radius 3 is 2.53 bits per heavy atom. The SMILES string of the molecule is O=C(C=Cc1ccc(F)cc1)NC(=S)NNC(=O)CCCOc1ccc(Cl)cc1Cl. The zero-order valence-electron chi connectivity index (χ0n) is 15.6. The van der Waals surface area contributed by atoms with Crippen LogP contribution in [0.25, 0.3) is 6.08 Å². The van der Waals surface area contributed by atoms with Gasteiger partial charge in [0.1, 0.15) is 11.6 Å². The van der Waals surface area contributed by atoms with E-state index < -0.39 is 5.91 Å². The summed E-state index contributed by atoms with van der Waals surface area (Å²) >= 11 is 16.7. The fourth-order valence-corrected chi connectivity index (χ4v) is 2.74. The third-order valence-corrected chi connectivity index (χ3v) is 4.28. The zero-order chi connectivity index (χ0) is 21.9. The number of carbonyl (C=O) groups is 2. The lowest BCUT2D eigenvalue weighted by molar-refractivity contribution is -0.122. The van der Waals surface area contributed by atoms with Crippen molar-refractivity contribution in [1.82, 2.24) is 16.2 Å². The van der Waals surface area contributed by atoms with Crippen LogP contribution >= 0.6 is 35.4 Å². The summed E-state index contributed by atoms with van der Waals surface area (Å²) in [5.41, 5.74) is 5.46. The number of amides is 2. The first-order valence-electron chi connectivity index (χ1n) is 8.75. The average molecular weight is 470 g/mol. The third kappa shape index (κ3) is 8.77. The second-order valence-electron chi connectivity index (χ2n) is 5.90. The molecule has 6 nitrogen and oxygen atoms in total. The monoisotopic (exact) mass is 469 g/mol. The van der Waals surface area contributed by atoms with Crippen molar-refractivity contribution < 1.29 is 18.7 Å². The number of rotatable bonds is 7. The number of ether oxygens (including phenoxy) is 1. The van der Waals surface area contributed by atoms with Gasteiger partial charge in [0.2, 0.25) is 11.8 Å². The van der Waals surface area contributed by atoms with Crippen LogP contribution in [0.3, 0.4) is 0 Å². The summed E-state index contributed by atoms with van der Waals surface area (Å²) in [5, 5.41) is 3.20. The number of carbonyl (C=O) groups excluding carboxylic acids is 2. The lowest BCUT2D eigenvalue weighted by Gasteiger charge is -2.10. The van der Waals surface area contributed by atoms with Crippen LogP contribution in [0.5, 0.6) is 5.75 Å². The summed E-state index contributed by atoms with van der Waals surface area (Å²) in [7, 11) is 0. The molecule has 0 spiro atoms. The molecule has 158 valence electrons. The summed E-state index contributed by atoms with van der Waals surface area (Å²) in [5.74, 6) is -0.714. The summed E-state index contributed by atoms with van der Waals surface area (Å²) in [6.07, 6.45) is 3.34. The van der Waals surface area contributed by atoms with Gasteiger partial charge in [-0.05, 0) is 60.6 Å². The topological polar surface area (TPSA) is 79.5 Å². The molecule has 0 aliphatic carbocycles. The Balaban J connectivity index is 1.62. The minimum absolute atomic E-state index is 0.0682. The molecule has 2 rings (SSSR count). The Morgan fingerprint density at radius 2 is 1.83 bits per heavy atom. The van der Waals surface area contributed by atoms with E-state index in [-0.39, 0.29) is 29.9 Å². The van der Waals surface area contributed by atoms with E-state index in [0.717, 1.165) is 0 Å². The molecule has 0 heterocycles. The van der Waals surface area contributed by atoms with Gasteiger partial charge in [0, 0.05) is 17.5 Å². The van der Waals surface area contributed by atoms with Crippen LogP contribution in [0.2, 0.25) is 10.0 Å². The van der Waals surface area contributed by atoms with Gasteiger partial charge >= 0.3 is 0 Å². The molecule has 0 fully saturated rings. The van der Waals surface area contributed by atoms with Crippen molar-refractivity contribution in [2.75, 3.05) is 6.61 Å². The third-order valence-electron chi connectivity index (χ3n) is 3.55. The molecule has 0 radical (unpaired) electrons. The number of halogens is 3. The van der Waals surface area contributed by atoms with Crippen LogP contribution in [0.15, 0.2) is 48.5 Å². The molecule has 3 N–H and O–H groups in total. The summed E-state index contributed by atoms with van der Waals surface area (Å²) in [4.78, 5) is 23.6. The lowest BCUT2D eigenvalue weighted by Crippen LogP contribution is -2.48. The van der Waals surface area contributed by atoms with Crippen molar-refractivity contribution in [2.24, 2.45) is 0 Å². The molecule has 0 aliphatic heterocycles. The lowest BCUT2D eigenvalue weighted by atomic mass is 10.2. The van der Waals surface area contributed by atoms with Gasteiger partial charge < -0.3 is 4.74 Å². The number of hydrogen-bond acceptors (Lipinski definition) is 4. The molecule has 0 saturated carbocycles. The van der Waals surface area contributed by atoms with Gasteiger partial charge in [0.05, 0.1) is 11.6 Å². The highest BCUT2D eigenvalue weighted by Crippen LogP contribution is 2.27. The van der Waals surface area contributed by atoms with E-state index in [1.165, 1.54) is 36.4 Å². The molecule has 30 heavy (non-hydrogen) atoms. The average Bonchev–Trinajstić information content (AvgIpc) is 2.70. The van der Waals surface area contributed by atoms with E-state index in [1.807, 2.05) is 0 Å². The van der Waals surface area contributed by atoms with E-state index in [0.29, 0.717) is 27.8 Å². The van der Waals surface area contributed by atoms with Crippen LogP contribution in [0, 0.1) is 5.82 Å². The summed E-state index contributed by atoms with van der Waals surface area (Å²) < 4.78 is 18.3. The maximum absolute atomic E-state index is 12.8. The minimum Gasteiger partial charge on any atom is -0.492 e. The molecule has 0 aliphatic rings. The molecule has 0 unspecified atom stereocenters. The molecule has 2 aromatic rings. The number of benzene rings is 2. The Morgan fingerprint density at radius 1 is 1.10 bits per heavy atom. The van der Waals surface area contributed by atoms with Crippen LogP contribution < -0.4 is 20.9 Å². The number of hydrogen-bond donors (Lipinski definition) is 3. The van der Waals surface area contributed by atoms with E-state index in [1.54, 1.807) is 18.2 Å². The highest BCUT2D eigenvalue weighted by Gasteiger charge is 2.06. The largest absolute Gasteiger partial charge is 0.492 e. The maximum Gasteiger partial charge on any atom is 0.250 e. The van der Waals surface area contributed by atoms with Gasteiger partial charge in [-0.3, -0.25) is 25.8 Å². The molecule has 2 amide bonds. The number of hydrazine groups is 1. The standard InChI is InChI=1S/C20H18Cl2FN3O3S/c21-14-6-9-17(16(22)12-14)29-11-1-2-19(28)25-26-20(30)24-18(27)10-5-13-3-7-15(23)8-4-13/h3-10,12H,1-2,11H2,(H,25,28)(H2,24,26,27,30). The predicted octanol–water partition coefficient (Wildman–Crippen LogP) is 4.03. The van der Waals surface area contributed by atoms with Crippen LogP contribution in [-0.2, 0) is 9.59 Å². The minimum atomic E-state index is -0.501. The van der Waals surface area contributed by atoms with Crippen molar-refractivity contribution in [3.05, 3.63) is 70.0 Å². The zero-order valence-corrected chi connectivity index (χ0v) is 17.9. The molecular weight excluding hydrogens is 452 g/mol. The first-order valence-corrected chi connectivity index (χ1v) is 9.91. The number of nitrogens with one attached hydrogen (secondary N) is 3. The van der Waals surface area contributed by atoms with Crippen molar-refractivity contribution in [1.29, 1.82) is 0 Å². The molecule has 0 atom stereocenters. The Kier molecular flexibility index (Phi) is 9.53. The fourth-order valence-electron chi connectivity index (χ4n) is 2.13. The normalized spacial score (nSPS) is 10.5. The second-order valence-corrected chi connectivity index (χ2v) is 7.16. The molecule has 2 aromatic carbocycles. The quantitative estimate of drug-likeness (QED) is 0.247. The molecule has 0 aromatic heterocycles. The van der Waals surface area contributed by atoms with E-state index >= 15 is 0 Å². The summed E-state index contributed by atoms with van der Waals surface area (Å²) in [6.45, 7) is 0.282. The fraction of sp³-hybridized carbons (Fsp3) is 0.150. The molecule has 10 heteroatoms. The Labute approximate surface area is 188 Å². The van der Waals surface area contributed by atoms with Gasteiger partial charge in [-0.15, -0.1) is 0 Å². The van der Waals surface area contributed by atoms with Gasteiger partial charge in [-0.2, -0.15) is 0 Å². The van der Waals surface area contributed by atoms with Crippen LogP contribution in [0.1, 0.15) is 18.4 Å². The highest BCUT2D eigenvalue weighted by atomic mass is 35.5. The van der Waals surface area contributed by atoms with Gasteiger partial charge in [-0.1, -0.05) is 35.3 Å². The van der Waals surface area contributed by atoms with Gasteiger partial charge in [0.15, 0.2) is 5.11 Å². The molecular formula is C20H18Cl2FN3O3S. The van der Waals surface area contributed by atoms with E-state index in [4.69, 9.17) is 40.2 Å². The first-order chi connectivity index (χ1) is 14.3. The van der Waals surface area contributed by atoms with Crippen molar-refractivity contribution in [3.8, 4) is 5.75 Å². The van der Waals surface area contributed by atoms with Crippen molar-refractivity contribution in [2.45, 2.75) is 12.8 Å². The van der Waals surface area contributed by atoms with Crippen LogP contribution in [0.4, 0.5) is 4.39 Å². The van der Waals surface area contributed by atoms with Crippen molar-refractivity contribution >= 4 is 58.4 Å². The van der Waals surface area contributed by atoms with Crippen molar-refractivity contribution in [3.63, 3.8) is 0 Å². The summed E-state index contributed by atoms with van der Waals surface area (Å²) in [6, 6.07) is 10.5. The second kappa shape index (κ2) is 12.1. The molecule has 0 bridgehead atoms. The predicted molar refractivity (Wildman–Crippen MR) is 119 cm³/mol. The Bertz CT molecular complexity index is 939. The first kappa shape index (κ1) is 23.6. The van der Waals surface area contributed by atoms with Gasteiger partial charge in [0.25, 0.3) is 0 Å². The van der Waals surface area contributed by atoms with E-state index in [2.05, 4.69) is 16.2 Å². The van der Waals surface area contributed by atoms with Crippen LogP contribution in [-0.4, -0.2) is 23.5 Å². The van der Waals surface area contributed by atoms with Gasteiger partial charge in [-0.25, -0.2) is 4.39 Å². The maximum atomic E-state index is 12.8. The smallest absolute Gasteiger partial charge is 0.250 e. The van der Waals surface area contributed by atoms with E-state index in [9.17, 15) is 14.0 Å². The Hall–Kier alpha value is -2.68. The highest BCUT2D eigenvalue weighted by molar-refractivity contribution is 7.80.